The molecule has 0 saturated carbocycles. The number of anilines is 1. The number of fused-ring (bicyclic) bond motifs is 1. The van der Waals surface area contributed by atoms with Crippen LogP contribution in [-0.2, 0) is 16.1 Å². The molecule has 2 fully saturated rings. The first kappa shape index (κ1) is 14.7. The molecule has 2 aliphatic heterocycles. The number of nitrogens with one attached hydrogen (secondary N) is 1. The molecule has 1 amide bonds. The van der Waals surface area contributed by atoms with Crippen LogP contribution in [0.3, 0.4) is 0 Å². The summed E-state index contributed by atoms with van der Waals surface area (Å²) in [5, 5.41) is 5.92. The van der Waals surface area contributed by atoms with E-state index < -0.39 is 0 Å². The second kappa shape index (κ2) is 6.31. The zero-order chi connectivity index (χ0) is 15.6. The summed E-state index contributed by atoms with van der Waals surface area (Å²) in [4.78, 5) is 27.2. The van der Waals surface area contributed by atoms with Crippen molar-refractivity contribution in [3.05, 3.63) is 35.2 Å². The predicted molar refractivity (Wildman–Crippen MR) is 84.8 cm³/mol. The van der Waals surface area contributed by atoms with Crippen molar-refractivity contribution in [3.63, 3.8) is 0 Å². The van der Waals surface area contributed by atoms with Gasteiger partial charge in [0.05, 0.1) is 31.4 Å². The van der Waals surface area contributed by atoms with Gasteiger partial charge in [-0.3, -0.25) is 14.7 Å². The van der Waals surface area contributed by atoms with Gasteiger partial charge < -0.3 is 10.1 Å². The first-order valence-electron chi connectivity index (χ1n) is 7.59. The molecule has 1 N–H and O–H groups in total. The summed E-state index contributed by atoms with van der Waals surface area (Å²) in [6.07, 6.45) is 6.65. The van der Waals surface area contributed by atoms with Gasteiger partial charge in [0.2, 0.25) is 5.91 Å². The number of nitrogens with zero attached hydrogens (tertiary/aromatic N) is 4. The van der Waals surface area contributed by atoms with Gasteiger partial charge in [-0.1, -0.05) is 0 Å². The smallest absolute Gasteiger partial charge is 0.231 e. The molecular formula is C15H17N5O2S. The van der Waals surface area contributed by atoms with E-state index in [-0.39, 0.29) is 23.8 Å². The fourth-order valence-electron chi connectivity index (χ4n) is 3.30. The molecule has 0 aromatic carbocycles. The topological polar surface area (TPSA) is 80.2 Å². The van der Waals surface area contributed by atoms with E-state index in [0.29, 0.717) is 12.4 Å². The van der Waals surface area contributed by atoms with E-state index in [2.05, 4.69) is 25.2 Å². The highest BCUT2D eigenvalue weighted by Crippen LogP contribution is 2.35. The Morgan fingerprint density at radius 2 is 2.30 bits per heavy atom. The van der Waals surface area contributed by atoms with Gasteiger partial charge in [0.15, 0.2) is 5.82 Å². The van der Waals surface area contributed by atoms with Crippen molar-refractivity contribution in [1.29, 1.82) is 0 Å². The van der Waals surface area contributed by atoms with Crippen LogP contribution in [0.2, 0.25) is 0 Å². The summed E-state index contributed by atoms with van der Waals surface area (Å²) in [7, 11) is 0. The van der Waals surface area contributed by atoms with Crippen LogP contribution < -0.4 is 5.32 Å². The van der Waals surface area contributed by atoms with Gasteiger partial charge in [0, 0.05) is 43.0 Å². The molecule has 2 aromatic rings. The summed E-state index contributed by atoms with van der Waals surface area (Å²) in [6, 6.07) is 0. The Hall–Kier alpha value is -1.90. The molecule has 2 aliphatic rings. The van der Waals surface area contributed by atoms with Gasteiger partial charge in [-0.25, -0.2) is 9.97 Å². The second-order valence-corrected chi connectivity index (χ2v) is 6.82. The lowest BCUT2D eigenvalue weighted by Crippen LogP contribution is -2.32. The number of ether oxygens (including phenoxy) is 1. The van der Waals surface area contributed by atoms with Crippen LogP contribution in [0, 0.1) is 11.8 Å². The zero-order valence-electron chi connectivity index (χ0n) is 12.5. The van der Waals surface area contributed by atoms with Gasteiger partial charge in [-0.15, -0.1) is 11.3 Å². The molecule has 0 aliphatic carbocycles. The van der Waals surface area contributed by atoms with Crippen LogP contribution in [0.4, 0.5) is 5.82 Å². The Morgan fingerprint density at radius 1 is 1.35 bits per heavy atom. The quantitative estimate of drug-likeness (QED) is 0.901. The standard InChI is InChI=1S/C15H17N5O2S/c21-15(19-13-5-16-1-2-17-13)11-9-22-12-7-20(6-10(11)12)8-14-18-3-4-23-14/h1-5,10-12H,6-9H2,(H,17,19,21)/t10-,11+,12-/m1/s1. The monoisotopic (exact) mass is 331 g/mol. The summed E-state index contributed by atoms with van der Waals surface area (Å²) in [5.41, 5.74) is 0. The number of carbonyl (C=O) groups excluding carboxylic acids is 1. The molecule has 0 bridgehead atoms. The van der Waals surface area contributed by atoms with Crippen molar-refractivity contribution in [2.24, 2.45) is 11.8 Å². The predicted octanol–water partition coefficient (Wildman–Crippen LogP) is 1.02. The Kier molecular flexibility index (Phi) is 4.02. The zero-order valence-corrected chi connectivity index (χ0v) is 13.3. The fourth-order valence-corrected chi connectivity index (χ4v) is 3.96. The molecule has 2 aromatic heterocycles. The van der Waals surface area contributed by atoms with E-state index in [4.69, 9.17) is 4.74 Å². The maximum absolute atomic E-state index is 12.5. The van der Waals surface area contributed by atoms with E-state index in [1.54, 1.807) is 29.9 Å². The van der Waals surface area contributed by atoms with Crippen LogP contribution in [0.15, 0.2) is 30.2 Å². The molecule has 23 heavy (non-hydrogen) atoms. The lowest BCUT2D eigenvalue weighted by molar-refractivity contribution is -0.120. The molecule has 0 radical (unpaired) electrons. The van der Waals surface area contributed by atoms with Crippen molar-refractivity contribution in [1.82, 2.24) is 19.9 Å². The van der Waals surface area contributed by atoms with E-state index >= 15 is 0 Å². The average Bonchev–Trinajstić information content (AvgIpc) is 3.25. The molecule has 2 saturated heterocycles. The SMILES string of the molecule is O=C(Nc1cnccn1)[C@H]1CO[C@@H]2CN(Cc3nccs3)C[C@H]12. The summed E-state index contributed by atoms with van der Waals surface area (Å²) in [6.45, 7) is 3.03. The van der Waals surface area contributed by atoms with Crippen LogP contribution in [0.1, 0.15) is 5.01 Å². The van der Waals surface area contributed by atoms with E-state index in [0.717, 1.165) is 24.6 Å². The van der Waals surface area contributed by atoms with Crippen LogP contribution in [-0.4, -0.2) is 51.6 Å². The van der Waals surface area contributed by atoms with E-state index in [1.165, 1.54) is 0 Å². The van der Waals surface area contributed by atoms with E-state index in [9.17, 15) is 4.79 Å². The Balaban J connectivity index is 1.38. The number of amides is 1. The number of aromatic nitrogens is 3. The Bertz CT molecular complexity index is 666. The molecule has 0 spiro atoms. The number of likely N-dealkylation sites (tertiary alicyclic amines) is 1. The minimum atomic E-state index is -0.136. The lowest BCUT2D eigenvalue weighted by atomic mass is 9.92. The molecule has 4 heterocycles. The minimum absolute atomic E-state index is 0.0332. The Morgan fingerprint density at radius 3 is 3.09 bits per heavy atom. The number of hydrogen-bond acceptors (Lipinski definition) is 7. The highest BCUT2D eigenvalue weighted by Gasteiger charge is 2.46. The van der Waals surface area contributed by atoms with Gasteiger partial charge in [0.25, 0.3) is 0 Å². The summed E-state index contributed by atoms with van der Waals surface area (Å²) in [5.74, 6) is 0.544. The average molecular weight is 331 g/mol. The highest BCUT2D eigenvalue weighted by molar-refractivity contribution is 7.09. The molecule has 8 heteroatoms. The normalized spacial score (nSPS) is 27.0. The highest BCUT2D eigenvalue weighted by atomic mass is 32.1. The maximum Gasteiger partial charge on any atom is 0.231 e. The summed E-state index contributed by atoms with van der Waals surface area (Å²) >= 11 is 1.66. The van der Waals surface area contributed by atoms with Crippen molar-refractivity contribution in [2.45, 2.75) is 12.6 Å². The number of rotatable bonds is 4. The van der Waals surface area contributed by atoms with Gasteiger partial charge >= 0.3 is 0 Å². The summed E-state index contributed by atoms with van der Waals surface area (Å²) < 4.78 is 5.84. The second-order valence-electron chi connectivity index (χ2n) is 5.84. The Labute approximate surface area is 137 Å². The van der Waals surface area contributed by atoms with Crippen LogP contribution in [0.5, 0.6) is 0 Å². The third-order valence-electron chi connectivity index (χ3n) is 4.38. The first-order chi connectivity index (χ1) is 11.3. The number of hydrogen-bond donors (Lipinski definition) is 1. The molecule has 7 nitrogen and oxygen atoms in total. The van der Waals surface area contributed by atoms with Crippen molar-refractivity contribution >= 4 is 23.1 Å². The van der Waals surface area contributed by atoms with Crippen LogP contribution >= 0.6 is 11.3 Å². The maximum atomic E-state index is 12.5. The molecule has 0 unspecified atom stereocenters. The minimum Gasteiger partial charge on any atom is -0.376 e. The fraction of sp³-hybridized carbons (Fsp3) is 0.467. The van der Waals surface area contributed by atoms with Crippen molar-refractivity contribution in [2.75, 3.05) is 25.0 Å². The van der Waals surface area contributed by atoms with E-state index in [1.807, 2.05) is 11.6 Å². The first-order valence-corrected chi connectivity index (χ1v) is 8.47. The van der Waals surface area contributed by atoms with Crippen molar-refractivity contribution < 1.29 is 9.53 Å². The lowest BCUT2D eigenvalue weighted by Gasteiger charge is -2.18. The third kappa shape index (κ3) is 3.10. The third-order valence-corrected chi connectivity index (χ3v) is 5.15. The van der Waals surface area contributed by atoms with Gasteiger partial charge in [0.1, 0.15) is 5.01 Å². The molecule has 4 rings (SSSR count). The van der Waals surface area contributed by atoms with Gasteiger partial charge in [-0.2, -0.15) is 0 Å². The molecule has 120 valence electrons. The van der Waals surface area contributed by atoms with Crippen LogP contribution in [0.25, 0.3) is 0 Å². The van der Waals surface area contributed by atoms with Gasteiger partial charge in [-0.05, 0) is 0 Å². The number of carbonyl (C=O) groups is 1. The van der Waals surface area contributed by atoms with Crippen molar-refractivity contribution in [3.8, 4) is 0 Å². The molecule has 3 atom stereocenters. The molecular weight excluding hydrogens is 314 g/mol. The number of thiazole rings is 1. The largest absolute Gasteiger partial charge is 0.376 e.